The van der Waals surface area contributed by atoms with E-state index in [0.717, 1.165) is 0 Å². The van der Waals surface area contributed by atoms with Crippen molar-refractivity contribution in [1.82, 2.24) is 4.90 Å². The van der Waals surface area contributed by atoms with Crippen LogP contribution in [0.5, 0.6) is 0 Å². The van der Waals surface area contributed by atoms with E-state index in [0.29, 0.717) is 19.8 Å². The summed E-state index contributed by atoms with van der Waals surface area (Å²) in [5.41, 5.74) is -0.561. The molecule has 1 fully saturated rings. The average Bonchev–Trinajstić information content (AvgIpc) is 2.35. The van der Waals surface area contributed by atoms with Gasteiger partial charge in [-0.3, -0.25) is 4.90 Å². The molecule has 0 aromatic rings. The Bertz CT molecular complexity index is 399. The predicted octanol–water partition coefficient (Wildman–Crippen LogP) is 2.13. The van der Waals surface area contributed by atoms with E-state index < -0.39 is 17.7 Å². The molecule has 0 radical (unpaired) electrons. The van der Waals surface area contributed by atoms with Crippen molar-refractivity contribution in [2.75, 3.05) is 19.8 Å². The number of carbonyl (C=O) groups is 2. The van der Waals surface area contributed by atoms with Crippen LogP contribution < -0.4 is 0 Å². The van der Waals surface area contributed by atoms with Gasteiger partial charge in [0.1, 0.15) is 5.60 Å². The van der Waals surface area contributed by atoms with Crippen LogP contribution in [0, 0.1) is 0 Å². The number of morpholine rings is 1. The van der Waals surface area contributed by atoms with Crippen molar-refractivity contribution in [3.8, 4) is 0 Å². The first kappa shape index (κ1) is 17.5. The van der Waals surface area contributed by atoms with Gasteiger partial charge in [0, 0.05) is 12.6 Å². The van der Waals surface area contributed by atoms with E-state index in [1.807, 2.05) is 27.7 Å². The monoisotopic (exact) mass is 299 g/mol. The predicted molar refractivity (Wildman–Crippen MR) is 77.9 cm³/mol. The largest absolute Gasteiger partial charge is 0.463 e. The van der Waals surface area contributed by atoms with Crippen LogP contribution >= 0.6 is 0 Å². The summed E-state index contributed by atoms with van der Waals surface area (Å²) in [5, 5.41) is 0. The number of amides is 1. The lowest BCUT2D eigenvalue weighted by molar-refractivity contribution is -0.137. The molecule has 0 unspecified atom stereocenters. The smallest absolute Gasteiger partial charge is 0.410 e. The fourth-order valence-corrected chi connectivity index (χ4v) is 2.00. The van der Waals surface area contributed by atoms with E-state index in [1.165, 1.54) is 6.08 Å². The van der Waals surface area contributed by atoms with Gasteiger partial charge >= 0.3 is 12.1 Å². The minimum atomic E-state index is -0.561. The Morgan fingerprint density at radius 3 is 2.62 bits per heavy atom. The van der Waals surface area contributed by atoms with Crippen LogP contribution in [0.3, 0.4) is 0 Å². The normalized spacial score (nSPS) is 23.2. The van der Waals surface area contributed by atoms with E-state index in [-0.39, 0.29) is 12.1 Å². The summed E-state index contributed by atoms with van der Waals surface area (Å²) in [6, 6.07) is -0.349. The van der Waals surface area contributed by atoms with Gasteiger partial charge in [0.25, 0.3) is 0 Å². The Morgan fingerprint density at radius 1 is 1.38 bits per heavy atom. The second-order valence-electron chi connectivity index (χ2n) is 5.85. The summed E-state index contributed by atoms with van der Waals surface area (Å²) >= 11 is 0. The maximum atomic E-state index is 12.2. The number of hydrogen-bond donors (Lipinski definition) is 0. The minimum absolute atomic E-state index is 0.211. The highest BCUT2D eigenvalue weighted by atomic mass is 16.6. The molecule has 0 aromatic carbocycles. The Labute approximate surface area is 126 Å². The first-order valence-corrected chi connectivity index (χ1v) is 7.20. The summed E-state index contributed by atoms with van der Waals surface area (Å²) in [6.45, 7) is 10.2. The third-order valence-corrected chi connectivity index (χ3v) is 2.90. The van der Waals surface area contributed by atoms with E-state index in [9.17, 15) is 9.59 Å². The van der Waals surface area contributed by atoms with Gasteiger partial charge in [0.05, 0.1) is 25.4 Å². The first-order chi connectivity index (χ1) is 9.74. The lowest BCUT2D eigenvalue weighted by Crippen LogP contribution is -2.53. The molecule has 120 valence electrons. The molecule has 0 spiro atoms. The summed E-state index contributed by atoms with van der Waals surface area (Å²) in [7, 11) is 0. The summed E-state index contributed by atoms with van der Waals surface area (Å²) in [4.78, 5) is 25.2. The fourth-order valence-electron chi connectivity index (χ4n) is 2.00. The second kappa shape index (κ2) is 7.45. The van der Waals surface area contributed by atoms with Gasteiger partial charge in [0.2, 0.25) is 0 Å². The number of ether oxygens (including phenoxy) is 3. The standard InChI is InChI=1S/C15H25NO5/c1-6-19-13(17)8-7-12-11(2)20-10-9-16(12)14(18)21-15(3,4)5/h7-8,11-12H,6,9-10H2,1-5H3/b8-7+/t11-,12-/m0/s1. The highest BCUT2D eigenvalue weighted by Crippen LogP contribution is 2.19. The lowest BCUT2D eigenvalue weighted by atomic mass is 10.1. The van der Waals surface area contributed by atoms with Gasteiger partial charge in [0.15, 0.2) is 0 Å². The molecular weight excluding hydrogens is 274 g/mol. The zero-order valence-corrected chi connectivity index (χ0v) is 13.4. The van der Waals surface area contributed by atoms with E-state index in [1.54, 1.807) is 17.9 Å². The number of nitrogens with zero attached hydrogens (tertiary/aromatic N) is 1. The van der Waals surface area contributed by atoms with E-state index >= 15 is 0 Å². The molecule has 0 saturated carbocycles. The third-order valence-electron chi connectivity index (χ3n) is 2.90. The fraction of sp³-hybridized carbons (Fsp3) is 0.733. The summed E-state index contributed by atoms with van der Waals surface area (Å²) in [6.07, 6.45) is 2.34. The SMILES string of the molecule is CCOC(=O)/C=C/[C@H]1[C@H](C)OCCN1C(=O)OC(C)(C)C. The van der Waals surface area contributed by atoms with Crippen molar-refractivity contribution in [1.29, 1.82) is 0 Å². The molecule has 6 heteroatoms. The van der Waals surface area contributed by atoms with Crippen molar-refractivity contribution in [2.45, 2.75) is 52.4 Å². The molecule has 0 bridgehead atoms. The van der Waals surface area contributed by atoms with Gasteiger partial charge in [-0.1, -0.05) is 6.08 Å². The minimum Gasteiger partial charge on any atom is -0.463 e. The molecule has 0 aliphatic carbocycles. The molecular formula is C15H25NO5. The molecule has 21 heavy (non-hydrogen) atoms. The first-order valence-electron chi connectivity index (χ1n) is 7.20. The van der Waals surface area contributed by atoms with Crippen LogP contribution in [-0.4, -0.2) is 54.5 Å². The molecule has 2 atom stereocenters. The molecule has 6 nitrogen and oxygen atoms in total. The maximum Gasteiger partial charge on any atom is 0.410 e. The van der Waals surface area contributed by atoms with Crippen molar-refractivity contribution in [2.24, 2.45) is 0 Å². The molecule has 1 aliphatic heterocycles. The highest BCUT2D eigenvalue weighted by molar-refractivity contribution is 5.82. The van der Waals surface area contributed by atoms with Gasteiger partial charge in [-0.25, -0.2) is 9.59 Å². The van der Waals surface area contributed by atoms with E-state index in [4.69, 9.17) is 14.2 Å². The number of rotatable bonds is 3. The zero-order chi connectivity index (χ0) is 16.0. The Balaban J connectivity index is 2.79. The molecule has 1 rings (SSSR count). The number of hydrogen-bond acceptors (Lipinski definition) is 5. The van der Waals surface area contributed by atoms with Crippen LogP contribution in [0.4, 0.5) is 4.79 Å². The van der Waals surface area contributed by atoms with Gasteiger partial charge in [-0.2, -0.15) is 0 Å². The summed E-state index contributed by atoms with van der Waals surface area (Å²) < 4.78 is 15.8. The average molecular weight is 299 g/mol. The van der Waals surface area contributed by atoms with Crippen LogP contribution in [0.15, 0.2) is 12.2 Å². The quantitative estimate of drug-likeness (QED) is 0.590. The molecule has 1 heterocycles. The topological polar surface area (TPSA) is 65.1 Å². The van der Waals surface area contributed by atoms with E-state index in [2.05, 4.69) is 0 Å². The third kappa shape index (κ3) is 5.75. The van der Waals surface area contributed by atoms with Crippen molar-refractivity contribution < 1.29 is 23.8 Å². The Hall–Kier alpha value is -1.56. The maximum absolute atomic E-state index is 12.2. The lowest BCUT2D eigenvalue weighted by Gasteiger charge is -2.38. The number of esters is 1. The molecule has 1 aliphatic rings. The van der Waals surface area contributed by atoms with Crippen LogP contribution in [-0.2, 0) is 19.0 Å². The Morgan fingerprint density at radius 2 is 2.05 bits per heavy atom. The molecule has 1 amide bonds. The van der Waals surface area contributed by atoms with Crippen LogP contribution in [0.25, 0.3) is 0 Å². The zero-order valence-electron chi connectivity index (χ0n) is 13.4. The molecule has 0 N–H and O–H groups in total. The van der Waals surface area contributed by atoms with Gasteiger partial charge in [-0.15, -0.1) is 0 Å². The van der Waals surface area contributed by atoms with Gasteiger partial charge in [-0.05, 0) is 34.6 Å². The van der Waals surface area contributed by atoms with Crippen molar-refractivity contribution in [3.63, 3.8) is 0 Å². The van der Waals surface area contributed by atoms with Gasteiger partial charge < -0.3 is 14.2 Å². The molecule has 0 aromatic heterocycles. The van der Waals surface area contributed by atoms with Crippen molar-refractivity contribution >= 4 is 12.1 Å². The summed E-state index contributed by atoms with van der Waals surface area (Å²) in [5.74, 6) is -0.431. The number of carbonyl (C=O) groups excluding carboxylic acids is 2. The Kier molecular flexibility index (Phi) is 6.20. The second-order valence-corrected chi connectivity index (χ2v) is 5.85. The van der Waals surface area contributed by atoms with Crippen LogP contribution in [0.1, 0.15) is 34.6 Å². The molecule has 1 saturated heterocycles. The van der Waals surface area contributed by atoms with Crippen molar-refractivity contribution in [3.05, 3.63) is 12.2 Å². The van der Waals surface area contributed by atoms with Crippen LogP contribution in [0.2, 0.25) is 0 Å². The highest BCUT2D eigenvalue weighted by Gasteiger charge is 2.33.